The number of hydrogen-bond acceptors (Lipinski definition) is 3. The number of H-pyrrole nitrogens is 1. The summed E-state index contributed by atoms with van der Waals surface area (Å²) < 4.78 is 0. The average Bonchev–Trinajstić information content (AvgIpc) is 3.29. The maximum absolute atomic E-state index is 11.6. The van der Waals surface area contributed by atoms with E-state index < -0.39 is 0 Å². The van der Waals surface area contributed by atoms with Gasteiger partial charge in [0, 0.05) is 54.1 Å². The normalized spacial score (nSPS) is 22.4. The molecule has 2 aliphatic heterocycles. The summed E-state index contributed by atoms with van der Waals surface area (Å²) >= 11 is 1.81. The highest BCUT2D eigenvalue weighted by atomic mass is 32.2. The number of aromatic nitrogens is 1. The fourth-order valence-electron chi connectivity index (χ4n) is 4.78. The predicted octanol–water partition coefficient (Wildman–Crippen LogP) is 3.91. The molecule has 0 spiro atoms. The molecule has 1 unspecified atom stereocenters. The fourth-order valence-corrected chi connectivity index (χ4v) is 5.22. The molecule has 1 aromatic carbocycles. The summed E-state index contributed by atoms with van der Waals surface area (Å²) in [6.45, 7) is 4.76. The summed E-state index contributed by atoms with van der Waals surface area (Å²) in [5, 5.41) is 1.38. The van der Waals surface area contributed by atoms with Gasteiger partial charge in [-0.15, -0.1) is 11.8 Å². The van der Waals surface area contributed by atoms with Gasteiger partial charge in [0.1, 0.15) is 0 Å². The van der Waals surface area contributed by atoms with Gasteiger partial charge in [0.2, 0.25) is 5.91 Å². The molecule has 140 valence electrons. The second kappa shape index (κ2) is 7.65. The van der Waals surface area contributed by atoms with Crippen molar-refractivity contribution < 1.29 is 4.79 Å². The fraction of sp³-hybridized carbons (Fsp3) is 0.571. The maximum atomic E-state index is 11.6. The van der Waals surface area contributed by atoms with Gasteiger partial charge >= 0.3 is 0 Å². The molecule has 0 radical (unpaired) electrons. The van der Waals surface area contributed by atoms with Gasteiger partial charge in [0.15, 0.2) is 0 Å². The topological polar surface area (TPSA) is 39.3 Å². The van der Waals surface area contributed by atoms with Crippen molar-refractivity contribution in [1.82, 2.24) is 14.8 Å². The molecule has 0 saturated carbocycles. The van der Waals surface area contributed by atoms with Gasteiger partial charge in [-0.25, -0.2) is 0 Å². The second-order valence-corrected chi connectivity index (χ2v) is 8.58. The predicted molar refractivity (Wildman–Crippen MR) is 109 cm³/mol. The number of likely N-dealkylation sites (tertiary alicyclic amines) is 2. The Hall–Kier alpha value is -1.46. The second-order valence-electron chi connectivity index (χ2n) is 7.70. The lowest BCUT2D eigenvalue weighted by Crippen LogP contribution is -2.48. The van der Waals surface area contributed by atoms with Crippen molar-refractivity contribution in [3.8, 4) is 0 Å². The number of hydrogen-bond donors (Lipinski definition) is 1. The van der Waals surface area contributed by atoms with E-state index in [0.717, 1.165) is 32.4 Å². The van der Waals surface area contributed by atoms with Gasteiger partial charge in [-0.3, -0.25) is 9.69 Å². The number of amides is 1. The number of fused-ring (bicyclic) bond motifs is 1. The van der Waals surface area contributed by atoms with Gasteiger partial charge < -0.3 is 9.88 Å². The maximum Gasteiger partial charge on any atom is 0.219 e. The first-order valence-corrected chi connectivity index (χ1v) is 11.0. The summed E-state index contributed by atoms with van der Waals surface area (Å²) in [4.78, 5) is 21.1. The third-order valence-electron chi connectivity index (χ3n) is 6.23. The Kier molecular flexibility index (Phi) is 5.28. The monoisotopic (exact) mass is 371 g/mol. The van der Waals surface area contributed by atoms with Crippen LogP contribution < -0.4 is 0 Å². The van der Waals surface area contributed by atoms with Gasteiger partial charge in [-0.1, -0.05) is 0 Å². The quantitative estimate of drug-likeness (QED) is 0.829. The first-order chi connectivity index (χ1) is 12.7. The molecule has 1 aromatic heterocycles. The van der Waals surface area contributed by atoms with Crippen LogP contribution in [0.3, 0.4) is 0 Å². The Bertz CT molecular complexity index is 779. The average molecular weight is 372 g/mol. The van der Waals surface area contributed by atoms with Crippen LogP contribution in [0.4, 0.5) is 0 Å². The zero-order valence-corrected chi connectivity index (χ0v) is 16.6. The highest BCUT2D eigenvalue weighted by molar-refractivity contribution is 7.98. The molecule has 1 N–H and O–H groups in total. The largest absolute Gasteiger partial charge is 0.361 e. The standard InChI is InChI=1S/C21H29N3OS/c1-15(25)23-10-7-17(8-11-23)24-9-3-4-18(24)12-16-14-22-21-6-5-19(26-2)13-20(16)21/h5-6,13-14,17-18,22H,3-4,7-12H2,1-2H3. The lowest BCUT2D eigenvalue weighted by Gasteiger charge is -2.39. The van der Waals surface area contributed by atoms with Crippen LogP contribution in [0, 0.1) is 0 Å². The molecule has 4 rings (SSSR count). The summed E-state index contributed by atoms with van der Waals surface area (Å²) in [6.07, 6.45) is 10.3. The molecular weight excluding hydrogens is 342 g/mol. The van der Waals surface area contributed by atoms with E-state index in [0.29, 0.717) is 12.1 Å². The van der Waals surface area contributed by atoms with Crippen LogP contribution in [0.1, 0.15) is 38.2 Å². The molecular formula is C21H29N3OS. The number of piperidine rings is 1. The minimum atomic E-state index is 0.227. The number of nitrogens with one attached hydrogen (secondary N) is 1. The van der Waals surface area contributed by atoms with Crippen LogP contribution in [0.5, 0.6) is 0 Å². The summed E-state index contributed by atoms with van der Waals surface area (Å²) in [5.41, 5.74) is 2.70. The van der Waals surface area contributed by atoms with Crippen molar-refractivity contribution in [2.24, 2.45) is 0 Å². The molecule has 2 aromatic rings. The number of thioether (sulfide) groups is 1. The zero-order chi connectivity index (χ0) is 18.1. The Labute approximate surface area is 160 Å². The third-order valence-corrected chi connectivity index (χ3v) is 6.96. The van der Waals surface area contributed by atoms with E-state index in [1.165, 1.54) is 40.7 Å². The Morgan fingerprint density at radius 1 is 1.23 bits per heavy atom. The molecule has 1 atom stereocenters. The van der Waals surface area contributed by atoms with E-state index >= 15 is 0 Å². The number of carbonyl (C=O) groups is 1. The minimum Gasteiger partial charge on any atom is -0.361 e. The molecule has 0 bridgehead atoms. The van der Waals surface area contributed by atoms with Crippen molar-refractivity contribution >= 4 is 28.6 Å². The van der Waals surface area contributed by atoms with Gasteiger partial charge in [0.25, 0.3) is 0 Å². The smallest absolute Gasteiger partial charge is 0.219 e. The summed E-state index contributed by atoms with van der Waals surface area (Å²) in [6, 6.07) is 8.01. The summed E-state index contributed by atoms with van der Waals surface area (Å²) in [7, 11) is 0. The molecule has 2 fully saturated rings. The number of rotatable bonds is 4. The third kappa shape index (κ3) is 3.52. The summed E-state index contributed by atoms with van der Waals surface area (Å²) in [5.74, 6) is 0.227. The van der Waals surface area contributed by atoms with E-state index in [1.807, 2.05) is 16.7 Å². The molecule has 2 aliphatic rings. The molecule has 5 heteroatoms. The molecule has 4 nitrogen and oxygen atoms in total. The van der Waals surface area contributed by atoms with Crippen molar-refractivity contribution in [3.05, 3.63) is 30.0 Å². The van der Waals surface area contributed by atoms with Gasteiger partial charge in [-0.2, -0.15) is 0 Å². The first-order valence-electron chi connectivity index (χ1n) is 9.81. The molecule has 26 heavy (non-hydrogen) atoms. The van der Waals surface area contributed by atoms with Crippen molar-refractivity contribution in [1.29, 1.82) is 0 Å². The number of aromatic amines is 1. The van der Waals surface area contributed by atoms with Crippen molar-refractivity contribution in [2.45, 2.75) is 56.0 Å². The van der Waals surface area contributed by atoms with Gasteiger partial charge in [-0.05, 0) is 68.7 Å². The SMILES string of the molecule is CSc1ccc2[nH]cc(CC3CCCN3C3CCN(C(C)=O)CC3)c2c1. The molecule has 3 heterocycles. The van der Waals surface area contributed by atoms with Gasteiger partial charge in [0.05, 0.1) is 0 Å². The Morgan fingerprint density at radius 3 is 2.77 bits per heavy atom. The van der Waals surface area contributed by atoms with Crippen LogP contribution in [0.15, 0.2) is 29.3 Å². The highest BCUT2D eigenvalue weighted by Crippen LogP contribution is 2.31. The van der Waals surface area contributed by atoms with Crippen LogP contribution in [-0.2, 0) is 11.2 Å². The van der Waals surface area contributed by atoms with Crippen LogP contribution >= 0.6 is 11.8 Å². The zero-order valence-electron chi connectivity index (χ0n) is 15.8. The number of nitrogens with zero attached hydrogens (tertiary/aromatic N) is 2. The number of carbonyl (C=O) groups excluding carboxylic acids is 1. The Morgan fingerprint density at radius 2 is 2.04 bits per heavy atom. The van der Waals surface area contributed by atoms with Crippen molar-refractivity contribution in [2.75, 3.05) is 25.9 Å². The van der Waals surface area contributed by atoms with E-state index in [-0.39, 0.29) is 5.91 Å². The minimum absolute atomic E-state index is 0.227. The van der Waals surface area contributed by atoms with Crippen molar-refractivity contribution in [3.63, 3.8) is 0 Å². The first kappa shape index (κ1) is 17.9. The van der Waals surface area contributed by atoms with Crippen LogP contribution in [0.2, 0.25) is 0 Å². The lowest BCUT2D eigenvalue weighted by molar-refractivity contribution is -0.130. The Balaban J connectivity index is 1.47. The van der Waals surface area contributed by atoms with E-state index in [1.54, 1.807) is 6.92 Å². The lowest BCUT2D eigenvalue weighted by atomic mass is 9.98. The van der Waals surface area contributed by atoms with E-state index in [4.69, 9.17) is 0 Å². The molecule has 1 amide bonds. The molecule has 2 saturated heterocycles. The molecule has 0 aliphatic carbocycles. The number of benzene rings is 1. The van der Waals surface area contributed by atoms with E-state index in [2.05, 4.69) is 40.5 Å². The van der Waals surface area contributed by atoms with E-state index in [9.17, 15) is 4.79 Å². The van der Waals surface area contributed by atoms with Crippen LogP contribution in [0.25, 0.3) is 10.9 Å². The van der Waals surface area contributed by atoms with Crippen LogP contribution in [-0.4, -0.2) is 58.7 Å². The highest BCUT2D eigenvalue weighted by Gasteiger charge is 2.33.